The van der Waals surface area contributed by atoms with E-state index in [0.29, 0.717) is 6.04 Å². The van der Waals surface area contributed by atoms with Gasteiger partial charge in [-0.2, -0.15) is 11.8 Å². The summed E-state index contributed by atoms with van der Waals surface area (Å²) in [6.45, 7) is 5.32. The highest BCUT2D eigenvalue weighted by Gasteiger charge is 2.26. The second kappa shape index (κ2) is 7.24. The molecule has 1 saturated carbocycles. The van der Waals surface area contributed by atoms with Gasteiger partial charge in [0.1, 0.15) is 0 Å². The minimum absolute atomic E-state index is 0.230. The van der Waals surface area contributed by atoms with Gasteiger partial charge in [0.15, 0.2) is 5.82 Å². The highest BCUT2D eigenvalue weighted by Crippen LogP contribution is 2.34. The molecule has 1 atom stereocenters. The van der Waals surface area contributed by atoms with Crippen molar-refractivity contribution in [1.29, 1.82) is 0 Å². The van der Waals surface area contributed by atoms with Crippen LogP contribution in [0.25, 0.3) is 0 Å². The summed E-state index contributed by atoms with van der Waals surface area (Å²) < 4.78 is 2.06. The average Bonchev–Trinajstić information content (AvgIpc) is 2.94. The molecule has 1 unspecified atom stereocenters. The van der Waals surface area contributed by atoms with Crippen molar-refractivity contribution in [1.82, 2.24) is 25.5 Å². The molecule has 6 heteroatoms. The molecular formula is C13H25N5S. The first kappa shape index (κ1) is 14.8. The lowest BCUT2D eigenvalue weighted by molar-refractivity contribution is 0.313. The topological polar surface area (TPSA) is 55.6 Å². The highest BCUT2D eigenvalue weighted by molar-refractivity contribution is 7.99. The molecule has 1 fully saturated rings. The average molecular weight is 283 g/mol. The molecule has 0 saturated heterocycles. The van der Waals surface area contributed by atoms with E-state index < -0.39 is 0 Å². The summed E-state index contributed by atoms with van der Waals surface area (Å²) in [4.78, 5) is 0. The SMILES string of the molecule is CCCNC(C)c1nnnn1C1CCC(SC)CC1. The van der Waals surface area contributed by atoms with Gasteiger partial charge in [0.05, 0.1) is 12.1 Å². The van der Waals surface area contributed by atoms with Crippen LogP contribution in [0, 0.1) is 0 Å². The van der Waals surface area contributed by atoms with Crippen molar-refractivity contribution in [3.8, 4) is 0 Å². The minimum Gasteiger partial charge on any atom is -0.307 e. The van der Waals surface area contributed by atoms with Crippen LogP contribution in [-0.4, -0.2) is 38.3 Å². The maximum Gasteiger partial charge on any atom is 0.168 e. The van der Waals surface area contributed by atoms with Crippen LogP contribution >= 0.6 is 11.8 Å². The number of aromatic nitrogens is 4. The molecule has 1 N–H and O–H groups in total. The largest absolute Gasteiger partial charge is 0.307 e. The quantitative estimate of drug-likeness (QED) is 0.869. The Kier molecular flexibility index (Phi) is 5.63. The van der Waals surface area contributed by atoms with Gasteiger partial charge < -0.3 is 5.32 Å². The molecule has 1 heterocycles. The normalized spacial score (nSPS) is 25.4. The summed E-state index contributed by atoms with van der Waals surface area (Å²) in [5.74, 6) is 0.987. The Hall–Kier alpha value is -0.620. The molecule has 0 bridgehead atoms. The maximum absolute atomic E-state index is 4.23. The number of nitrogens with zero attached hydrogens (tertiary/aromatic N) is 4. The summed E-state index contributed by atoms with van der Waals surface area (Å²) >= 11 is 1.99. The number of tetrazole rings is 1. The molecular weight excluding hydrogens is 258 g/mol. The number of hydrogen-bond donors (Lipinski definition) is 1. The second-order valence-corrected chi connectivity index (χ2v) is 6.46. The van der Waals surface area contributed by atoms with E-state index in [9.17, 15) is 0 Å². The van der Waals surface area contributed by atoms with Crippen molar-refractivity contribution in [2.45, 2.75) is 63.3 Å². The van der Waals surface area contributed by atoms with Crippen molar-refractivity contribution < 1.29 is 0 Å². The molecule has 0 spiro atoms. The van der Waals surface area contributed by atoms with Gasteiger partial charge in [-0.25, -0.2) is 4.68 Å². The first-order valence-electron chi connectivity index (χ1n) is 7.30. The van der Waals surface area contributed by atoms with Crippen LogP contribution in [-0.2, 0) is 0 Å². The first-order valence-corrected chi connectivity index (χ1v) is 8.59. The Morgan fingerprint density at radius 2 is 2.11 bits per heavy atom. The smallest absolute Gasteiger partial charge is 0.168 e. The molecule has 2 rings (SSSR count). The molecule has 1 aliphatic rings. The van der Waals surface area contributed by atoms with Crippen LogP contribution in [0.3, 0.4) is 0 Å². The van der Waals surface area contributed by atoms with E-state index >= 15 is 0 Å². The number of hydrogen-bond acceptors (Lipinski definition) is 5. The van der Waals surface area contributed by atoms with Crippen molar-refractivity contribution >= 4 is 11.8 Å². The first-order chi connectivity index (χ1) is 9.26. The van der Waals surface area contributed by atoms with Crippen molar-refractivity contribution in [2.75, 3.05) is 12.8 Å². The van der Waals surface area contributed by atoms with Gasteiger partial charge in [-0.05, 0) is 62.3 Å². The van der Waals surface area contributed by atoms with Crippen LogP contribution in [0.15, 0.2) is 0 Å². The minimum atomic E-state index is 0.230. The predicted octanol–water partition coefficient (Wildman–Crippen LogP) is 2.58. The highest BCUT2D eigenvalue weighted by atomic mass is 32.2. The number of nitrogens with one attached hydrogen (secondary N) is 1. The molecule has 0 radical (unpaired) electrons. The standard InChI is InChI=1S/C13H25N5S/c1-4-9-14-10(2)13-15-16-17-18(13)11-5-7-12(19-3)8-6-11/h10-12,14H,4-9H2,1-3H3. The van der Waals surface area contributed by atoms with Gasteiger partial charge in [0.25, 0.3) is 0 Å². The third kappa shape index (κ3) is 3.69. The van der Waals surface area contributed by atoms with E-state index in [1.807, 2.05) is 11.8 Å². The number of rotatable bonds is 6. The lowest BCUT2D eigenvalue weighted by atomic mass is 9.95. The molecule has 1 aliphatic carbocycles. The summed E-state index contributed by atoms with van der Waals surface area (Å²) in [5.41, 5.74) is 0. The van der Waals surface area contributed by atoms with Crippen LogP contribution < -0.4 is 5.32 Å². The zero-order valence-electron chi connectivity index (χ0n) is 12.2. The van der Waals surface area contributed by atoms with Crippen molar-refractivity contribution in [3.63, 3.8) is 0 Å². The summed E-state index contributed by atoms with van der Waals surface area (Å²) in [7, 11) is 0. The molecule has 19 heavy (non-hydrogen) atoms. The Labute approximate surface area is 119 Å². The predicted molar refractivity (Wildman–Crippen MR) is 79.3 cm³/mol. The van der Waals surface area contributed by atoms with E-state index in [2.05, 4.69) is 45.6 Å². The molecule has 0 amide bonds. The zero-order chi connectivity index (χ0) is 13.7. The van der Waals surface area contributed by atoms with Gasteiger partial charge in [-0.3, -0.25) is 0 Å². The Balaban J connectivity index is 1.99. The molecule has 5 nitrogen and oxygen atoms in total. The van der Waals surface area contributed by atoms with E-state index in [1.165, 1.54) is 25.7 Å². The lowest BCUT2D eigenvalue weighted by Crippen LogP contribution is -2.27. The van der Waals surface area contributed by atoms with E-state index in [-0.39, 0.29) is 6.04 Å². The molecule has 1 aromatic rings. The fourth-order valence-electron chi connectivity index (χ4n) is 2.72. The molecule has 108 valence electrons. The van der Waals surface area contributed by atoms with Crippen molar-refractivity contribution in [3.05, 3.63) is 5.82 Å². The fraction of sp³-hybridized carbons (Fsp3) is 0.923. The lowest BCUT2D eigenvalue weighted by Gasteiger charge is -2.28. The van der Waals surface area contributed by atoms with Crippen LogP contribution in [0.1, 0.15) is 63.9 Å². The summed E-state index contributed by atoms with van der Waals surface area (Å²) in [6, 6.07) is 0.715. The van der Waals surface area contributed by atoms with Gasteiger partial charge in [-0.15, -0.1) is 5.10 Å². The third-order valence-corrected chi connectivity index (χ3v) is 5.07. The Bertz CT molecular complexity index is 373. The second-order valence-electron chi connectivity index (χ2n) is 5.32. The van der Waals surface area contributed by atoms with Crippen LogP contribution in [0.2, 0.25) is 0 Å². The Morgan fingerprint density at radius 1 is 1.37 bits per heavy atom. The van der Waals surface area contributed by atoms with Gasteiger partial charge in [-0.1, -0.05) is 6.92 Å². The summed E-state index contributed by atoms with van der Waals surface area (Å²) in [6.07, 6.45) is 8.30. The third-order valence-electron chi connectivity index (χ3n) is 3.93. The van der Waals surface area contributed by atoms with E-state index in [0.717, 1.165) is 24.0 Å². The monoisotopic (exact) mass is 283 g/mol. The maximum atomic E-state index is 4.23. The zero-order valence-corrected chi connectivity index (χ0v) is 13.0. The molecule has 0 aromatic carbocycles. The van der Waals surface area contributed by atoms with Crippen LogP contribution in [0.5, 0.6) is 0 Å². The Morgan fingerprint density at radius 3 is 2.74 bits per heavy atom. The van der Waals surface area contributed by atoms with Gasteiger partial charge in [0.2, 0.25) is 0 Å². The van der Waals surface area contributed by atoms with Crippen molar-refractivity contribution in [2.24, 2.45) is 0 Å². The van der Waals surface area contributed by atoms with Gasteiger partial charge >= 0.3 is 0 Å². The summed E-state index contributed by atoms with van der Waals surface area (Å²) in [5, 5.41) is 16.6. The molecule has 0 aliphatic heterocycles. The van der Waals surface area contributed by atoms with Gasteiger partial charge in [0, 0.05) is 5.25 Å². The van der Waals surface area contributed by atoms with Crippen LogP contribution in [0.4, 0.5) is 0 Å². The fourth-order valence-corrected chi connectivity index (χ4v) is 3.47. The van der Waals surface area contributed by atoms with E-state index in [4.69, 9.17) is 0 Å². The molecule has 1 aromatic heterocycles. The van der Waals surface area contributed by atoms with E-state index in [1.54, 1.807) is 0 Å². The number of thioether (sulfide) groups is 1.